The molecule has 0 saturated carbocycles. The molecule has 2 unspecified atom stereocenters. The lowest BCUT2D eigenvalue weighted by Crippen LogP contribution is -2.26. The van der Waals surface area contributed by atoms with Crippen LogP contribution in [0.5, 0.6) is 0 Å². The molecule has 3 rings (SSSR count). The number of furan rings is 1. The maximum absolute atomic E-state index is 10.0. The van der Waals surface area contributed by atoms with Crippen LogP contribution in [0.25, 0.3) is 11.0 Å². The van der Waals surface area contributed by atoms with E-state index in [0.29, 0.717) is 12.3 Å². The van der Waals surface area contributed by atoms with Crippen LogP contribution >= 0.6 is 0 Å². The molecule has 0 radical (unpaired) electrons. The number of hydrogen-bond donors (Lipinski definition) is 2. The summed E-state index contributed by atoms with van der Waals surface area (Å²) in [6.45, 7) is 2.45. The first kappa shape index (κ1) is 13.9. The van der Waals surface area contributed by atoms with Gasteiger partial charge in [0, 0.05) is 13.6 Å². The number of aromatic nitrogens is 2. The lowest BCUT2D eigenvalue weighted by Gasteiger charge is -2.16. The van der Waals surface area contributed by atoms with Crippen molar-refractivity contribution >= 4 is 11.0 Å². The number of benzene rings is 1. The minimum Gasteiger partial charge on any atom is -0.467 e. The zero-order valence-corrected chi connectivity index (χ0v) is 12.2. The van der Waals surface area contributed by atoms with Crippen LogP contribution in [0.3, 0.4) is 0 Å². The number of aryl methyl sites for hydroxylation is 1. The zero-order chi connectivity index (χ0) is 14.8. The third-order valence-corrected chi connectivity index (χ3v) is 3.70. The molecule has 2 atom stereocenters. The molecule has 2 aromatic heterocycles. The third-order valence-electron chi connectivity index (χ3n) is 3.70. The van der Waals surface area contributed by atoms with Crippen LogP contribution in [0.2, 0.25) is 0 Å². The molecule has 0 aliphatic heterocycles. The first-order chi connectivity index (χ1) is 10.2. The van der Waals surface area contributed by atoms with Crippen LogP contribution in [-0.2, 0) is 7.05 Å². The number of nitrogens with zero attached hydrogens (tertiary/aromatic N) is 2. The van der Waals surface area contributed by atoms with E-state index in [2.05, 4.69) is 20.9 Å². The number of para-hydroxylation sites is 2. The Balaban J connectivity index is 1.72. The Morgan fingerprint density at radius 3 is 2.81 bits per heavy atom. The van der Waals surface area contributed by atoms with Gasteiger partial charge >= 0.3 is 0 Å². The molecule has 5 heteroatoms. The van der Waals surface area contributed by atoms with E-state index in [1.54, 1.807) is 18.4 Å². The van der Waals surface area contributed by atoms with Gasteiger partial charge in [0.05, 0.1) is 23.3 Å². The maximum Gasteiger partial charge on any atom is 0.133 e. The summed E-state index contributed by atoms with van der Waals surface area (Å²) in [5.41, 5.74) is 2.09. The molecular formula is C16H19N3O2. The van der Waals surface area contributed by atoms with Gasteiger partial charge in [0.25, 0.3) is 0 Å². The molecule has 0 spiro atoms. The fraction of sp³-hybridized carbons (Fsp3) is 0.312. The van der Waals surface area contributed by atoms with Gasteiger partial charge in [0.1, 0.15) is 17.7 Å². The number of imidazole rings is 1. The van der Waals surface area contributed by atoms with E-state index < -0.39 is 6.10 Å². The van der Waals surface area contributed by atoms with Gasteiger partial charge in [0.2, 0.25) is 0 Å². The summed E-state index contributed by atoms with van der Waals surface area (Å²) < 4.78 is 7.27. The predicted octanol–water partition coefficient (Wildman–Crippen LogP) is 2.55. The van der Waals surface area contributed by atoms with Crippen molar-refractivity contribution in [1.82, 2.24) is 14.9 Å². The third kappa shape index (κ3) is 2.70. The van der Waals surface area contributed by atoms with Crippen molar-refractivity contribution in [2.75, 3.05) is 6.54 Å². The van der Waals surface area contributed by atoms with E-state index in [0.717, 1.165) is 16.9 Å². The van der Waals surface area contributed by atoms with Gasteiger partial charge < -0.3 is 19.4 Å². The average Bonchev–Trinajstić information content (AvgIpc) is 3.13. The van der Waals surface area contributed by atoms with E-state index >= 15 is 0 Å². The second-order valence-corrected chi connectivity index (χ2v) is 5.18. The molecule has 21 heavy (non-hydrogen) atoms. The summed E-state index contributed by atoms with van der Waals surface area (Å²) in [4.78, 5) is 4.65. The number of nitrogens with one attached hydrogen (secondary N) is 1. The van der Waals surface area contributed by atoms with Crippen molar-refractivity contribution in [2.24, 2.45) is 7.05 Å². The molecule has 0 aliphatic carbocycles. The largest absolute Gasteiger partial charge is 0.467 e. The number of rotatable bonds is 5. The molecule has 5 nitrogen and oxygen atoms in total. The minimum atomic E-state index is -0.655. The molecular weight excluding hydrogens is 266 g/mol. The zero-order valence-electron chi connectivity index (χ0n) is 12.2. The van der Waals surface area contributed by atoms with Crippen LogP contribution in [0.15, 0.2) is 47.1 Å². The highest BCUT2D eigenvalue weighted by molar-refractivity contribution is 5.75. The van der Waals surface area contributed by atoms with E-state index in [1.165, 1.54) is 0 Å². The normalized spacial score (nSPS) is 14.4. The average molecular weight is 285 g/mol. The smallest absolute Gasteiger partial charge is 0.133 e. The fourth-order valence-electron chi connectivity index (χ4n) is 2.51. The molecule has 1 aromatic carbocycles. The Kier molecular flexibility index (Phi) is 3.77. The topological polar surface area (TPSA) is 63.2 Å². The lowest BCUT2D eigenvalue weighted by molar-refractivity contribution is 0.143. The number of hydrogen-bond acceptors (Lipinski definition) is 4. The van der Waals surface area contributed by atoms with Crippen LogP contribution in [0, 0.1) is 0 Å². The van der Waals surface area contributed by atoms with Gasteiger partial charge in [-0.05, 0) is 31.2 Å². The van der Waals surface area contributed by atoms with Gasteiger partial charge in [-0.3, -0.25) is 0 Å². The molecule has 0 fully saturated rings. The summed E-state index contributed by atoms with van der Waals surface area (Å²) in [5, 5.41) is 13.3. The van der Waals surface area contributed by atoms with Gasteiger partial charge in [-0.1, -0.05) is 12.1 Å². The Bertz CT molecular complexity index is 718. The molecule has 0 aliphatic rings. The van der Waals surface area contributed by atoms with Gasteiger partial charge in [-0.15, -0.1) is 0 Å². The van der Waals surface area contributed by atoms with Crippen LogP contribution < -0.4 is 5.32 Å². The van der Waals surface area contributed by atoms with Crippen LogP contribution in [0.1, 0.15) is 30.7 Å². The van der Waals surface area contributed by atoms with Gasteiger partial charge in [-0.2, -0.15) is 0 Å². The minimum absolute atomic E-state index is 0.0343. The second-order valence-electron chi connectivity index (χ2n) is 5.18. The SMILES string of the molecule is CC(NCC(O)c1ccco1)c1nc2ccccc2n1C. The lowest BCUT2D eigenvalue weighted by atomic mass is 10.2. The van der Waals surface area contributed by atoms with Crippen molar-refractivity contribution in [1.29, 1.82) is 0 Å². The van der Waals surface area contributed by atoms with Crippen LogP contribution in [0.4, 0.5) is 0 Å². The molecule has 0 bridgehead atoms. The molecule has 3 aromatic rings. The van der Waals surface area contributed by atoms with E-state index in [-0.39, 0.29) is 6.04 Å². The highest BCUT2D eigenvalue weighted by Crippen LogP contribution is 2.20. The Labute approximate surface area is 123 Å². The molecule has 110 valence electrons. The van der Waals surface area contributed by atoms with Gasteiger partial charge in [-0.25, -0.2) is 4.98 Å². The highest BCUT2D eigenvalue weighted by Gasteiger charge is 2.16. The van der Waals surface area contributed by atoms with E-state index in [1.807, 2.05) is 32.2 Å². The van der Waals surface area contributed by atoms with Crippen molar-refractivity contribution in [3.05, 3.63) is 54.2 Å². The highest BCUT2D eigenvalue weighted by atomic mass is 16.4. The number of aliphatic hydroxyl groups is 1. The number of fused-ring (bicyclic) bond motifs is 1. The quantitative estimate of drug-likeness (QED) is 0.756. The maximum atomic E-state index is 10.0. The molecule has 2 heterocycles. The molecule has 0 amide bonds. The Hall–Kier alpha value is -2.11. The summed E-state index contributed by atoms with van der Waals surface area (Å²) in [6.07, 6.45) is 0.908. The first-order valence-electron chi connectivity index (χ1n) is 7.03. The molecule has 0 saturated heterocycles. The van der Waals surface area contributed by atoms with Crippen molar-refractivity contribution in [3.63, 3.8) is 0 Å². The van der Waals surface area contributed by atoms with Crippen molar-refractivity contribution in [2.45, 2.75) is 19.1 Å². The monoisotopic (exact) mass is 285 g/mol. The molecule has 2 N–H and O–H groups in total. The van der Waals surface area contributed by atoms with E-state index in [9.17, 15) is 5.11 Å². The van der Waals surface area contributed by atoms with Crippen molar-refractivity contribution in [3.8, 4) is 0 Å². The Morgan fingerprint density at radius 2 is 2.10 bits per heavy atom. The van der Waals surface area contributed by atoms with E-state index in [4.69, 9.17) is 4.42 Å². The van der Waals surface area contributed by atoms with Crippen molar-refractivity contribution < 1.29 is 9.52 Å². The fourth-order valence-corrected chi connectivity index (χ4v) is 2.51. The summed E-state index contributed by atoms with van der Waals surface area (Å²) in [5.74, 6) is 1.52. The van der Waals surface area contributed by atoms with Crippen LogP contribution in [-0.4, -0.2) is 21.2 Å². The predicted molar refractivity (Wildman–Crippen MR) is 80.8 cm³/mol. The first-order valence-corrected chi connectivity index (χ1v) is 7.03. The summed E-state index contributed by atoms with van der Waals surface area (Å²) in [6, 6.07) is 11.6. The summed E-state index contributed by atoms with van der Waals surface area (Å²) >= 11 is 0. The standard InChI is InChI=1S/C16H19N3O2/c1-11(17-10-14(20)15-8-5-9-21-15)16-18-12-6-3-4-7-13(12)19(16)2/h3-9,11,14,17,20H,10H2,1-2H3. The Morgan fingerprint density at radius 1 is 1.29 bits per heavy atom. The van der Waals surface area contributed by atoms with Gasteiger partial charge in [0.15, 0.2) is 0 Å². The second kappa shape index (κ2) is 5.71. The summed E-state index contributed by atoms with van der Waals surface area (Å²) in [7, 11) is 2.01. The number of aliphatic hydroxyl groups excluding tert-OH is 1.